The van der Waals surface area contributed by atoms with Gasteiger partial charge in [-0.15, -0.1) is 4.37 Å². The normalized spacial score (nSPS) is 19.4. The number of likely N-dealkylation sites (N-methyl/N-ethyl adjacent to an activating group) is 1. The number of unbranched alkanes of at least 4 members (excludes halogenated alkanes) is 5. The highest BCUT2D eigenvalue weighted by molar-refractivity contribution is 6.99. The zero-order valence-corrected chi connectivity index (χ0v) is 20.4. The minimum atomic E-state index is -0.604. The van der Waals surface area contributed by atoms with Gasteiger partial charge in [-0.1, -0.05) is 52.0 Å². The fraction of sp³-hybridized carbons (Fsp3) is 0.783. The van der Waals surface area contributed by atoms with Crippen molar-refractivity contribution in [1.82, 2.24) is 8.75 Å². The van der Waals surface area contributed by atoms with Crippen LogP contribution in [0.25, 0.3) is 5.57 Å². The maximum Gasteiger partial charge on any atom is 0.310 e. The fourth-order valence-corrected chi connectivity index (χ4v) is 4.33. The molecule has 1 aromatic rings. The topological polar surface area (TPSA) is 61.3 Å². The van der Waals surface area contributed by atoms with E-state index in [4.69, 9.17) is 9.47 Å². The molecule has 0 spiro atoms. The summed E-state index contributed by atoms with van der Waals surface area (Å²) in [6.07, 6.45) is 11.4. The molecule has 1 atom stereocenters. The Morgan fingerprint density at radius 3 is 2.60 bits per heavy atom. The van der Waals surface area contributed by atoms with E-state index in [1.165, 1.54) is 31.0 Å². The van der Waals surface area contributed by atoms with Crippen LogP contribution in [0.5, 0.6) is 5.88 Å². The molecule has 1 aliphatic heterocycles. The van der Waals surface area contributed by atoms with E-state index in [-0.39, 0.29) is 5.97 Å². The van der Waals surface area contributed by atoms with Crippen LogP contribution >= 0.6 is 11.7 Å². The number of ether oxygens (including phenoxy) is 2. The lowest BCUT2D eigenvalue weighted by Crippen LogP contribution is -2.62. The third-order valence-corrected chi connectivity index (χ3v) is 6.69. The third kappa shape index (κ3) is 6.77. The van der Waals surface area contributed by atoms with Gasteiger partial charge in [-0.05, 0) is 12.8 Å². The summed E-state index contributed by atoms with van der Waals surface area (Å²) >= 11 is 1.20. The SMILES string of the molecule is CCCCCCOc1nsnc1C1=CCC[N+](C)(C(C)(C)OC(=O)CCCCC)C1. The van der Waals surface area contributed by atoms with Crippen molar-refractivity contribution >= 4 is 23.3 Å². The predicted octanol–water partition coefficient (Wildman–Crippen LogP) is 5.59. The Balaban J connectivity index is 2.01. The first kappa shape index (κ1) is 24.8. The number of carbonyl (C=O) groups excluding carboxylic acids is 1. The van der Waals surface area contributed by atoms with E-state index in [0.29, 0.717) is 23.4 Å². The Labute approximate surface area is 186 Å². The van der Waals surface area contributed by atoms with Crippen molar-refractivity contribution in [3.8, 4) is 5.88 Å². The molecule has 1 aromatic heterocycles. The van der Waals surface area contributed by atoms with Crippen molar-refractivity contribution in [3.63, 3.8) is 0 Å². The number of nitrogens with zero attached hydrogens (tertiary/aromatic N) is 3. The predicted molar refractivity (Wildman–Crippen MR) is 122 cm³/mol. The fourth-order valence-electron chi connectivity index (χ4n) is 3.80. The molecule has 0 amide bonds. The maximum absolute atomic E-state index is 12.4. The van der Waals surface area contributed by atoms with Crippen LogP contribution in [0.4, 0.5) is 0 Å². The van der Waals surface area contributed by atoms with Crippen LogP contribution in [0.2, 0.25) is 0 Å². The first-order chi connectivity index (χ1) is 14.3. The minimum absolute atomic E-state index is 0.102. The number of esters is 1. The summed E-state index contributed by atoms with van der Waals surface area (Å²) in [5, 5.41) is 0. The lowest BCUT2D eigenvalue weighted by molar-refractivity contribution is -0.971. The van der Waals surface area contributed by atoms with Gasteiger partial charge < -0.3 is 9.47 Å². The molecule has 1 unspecified atom stereocenters. The van der Waals surface area contributed by atoms with Crippen LogP contribution in [0.1, 0.15) is 91.2 Å². The van der Waals surface area contributed by atoms with Gasteiger partial charge in [0, 0.05) is 32.3 Å². The zero-order chi connectivity index (χ0) is 22.0. The first-order valence-electron chi connectivity index (χ1n) is 11.5. The second kappa shape index (κ2) is 11.8. The molecular weight excluding hydrogens is 398 g/mol. The number of quaternary nitrogens is 1. The summed E-state index contributed by atoms with van der Waals surface area (Å²) in [7, 11) is 2.16. The minimum Gasteiger partial charge on any atom is -0.475 e. The molecule has 0 N–H and O–H groups in total. The molecule has 0 radical (unpaired) electrons. The summed E-state index contributed by atoms with van der Waals surface area (Å²) in [5.41, 5.74) is 1.38. The molecule has 6 nitrogen and oxygen atoms in total. The lowest BCUT2D eigenvalue weighted by Gasteiger charge is -2.47. The number of aromatic nitrogens is 2. The molecule has 2 heterocycles. The molecule has 170 valence electrons. The summed E-state index contributed by atoms with van der Waals surface area (Å²) in [5.74, 6) is 0.542. The van der Waals surface area contributed by atoms with E-state index in [0.717, 1.165) is 56.5 Å². The highest BCUT2D eigenvalue weighted by Gasteiger charge is 2.45. The highest BCUT2D eigenvalue weighted by atomic mass is 32.1. The van der Waals surface area contributed by atoms with Crippen LogP contribution in [-0.2, 0) is 9.53 Å². The van der Waals surface area contributed by atoms with Gasteiger partial charge in [0.2, 0.25) is 5.72 Å². The Morgan fingerprint density at radius 2 is 1.87 bits per heavy atom. The molecule has 0 aromatic carbocycles. The number of rotatable bonds is 13. The summed E-state index contributed by atoms with van der Waals surface area (Å²) < 4.78 is 21.5. The molecular formula is C23H40N3O3S+. The van der Waals surface area contributed by atoms with E-state index in [1.807, 2.05) is 13.8 Å². The van der Waals surface area contributed by atoms with Gasteiger partial charge in [-0.25, -0.2) is 0 Å². The van der Waals surface area contributed by atoms with Crippen LogP contribution in [0.15, 0.2) is 6.08 Å². The summed E-state index contributed by atoms with van der Waals surface area (Å²) in [6.45, 7) is 10.7. The maximum atomic E-state index is 12.4. The van der Waals surface area contributed by atoms with Crippen molar-refractivity contribution in [2.24, 2.45) is 0 Å². The van der Waals surface area contributed by atoms with E-state index in [2.05, 4.69) is 35.7 Å². The zero-order valence-electron chi connectivity index (χ0n) is 19.5. The number of hydrogen-bond acceptors (Lipinski definition) is 6. The molecule has 30 heavy (non-hydrogen) atoms. The molecule has 0 bridgehead atoms. The van der Waals surface area contributed by atoms with E-state index in [9.17, 15) is 4.79 Å². The lowest BCUT2D eigenvalue weighted by atomic mass is 10.0. The first-order valence-corrected chi connectivity index (χ1v) is 12.3. The molecule has 7 heteroatoms. The van der Waals surface area contributed by atoms with Crippen molar-refractivity contribution in [2.45, 2.75) is 91.2 Å². The van der Waals surface area contributed by atoms with E-state index in [1.54, 1.807) is 0 Å². The van der Waals surface area contributed by atoms with Gasteiger partial charge in [0.05, 0.1) is 31.9 Å². The number of carbonyl (C=O) groups is 1. The highest BCUT2D eigenvalue weighted by Crippen LogP contribution is 2.35. The second-order valence-corrected chi connectivity index (χ2v) is 9.53. The van der Waals surface area contributed by atoms with E-state index >= 15 is 0 Å². The largest absolute Gasteiger partial charge is 0.475 e. The average molecular weight is 439 g/mol. The van der Waals surface area contributed by atoms with Crippen molar-refractivity contribution in [3.05, 3.63) is 11.8 Å². The van der Waals surface area contributed by atoms with Gasteiger partial charge in [0.25, 0.3) is 5.88 Å². The molecule has 0 saturated carbocycles. The van der Waals surface area contributed by atoms with Crippen molar-refractivity contribution in [2.75, 3.05) is 26.7 Å². The standard InChI is InChI=1S/C23H40N3O3S/c1-6-8-10-12-17-28-22-21(24-30-25-22)19-14-13-16-26(5,18-19)23(3,4)29-20(27)15-11-9-7-2/h14H,6-13,15-18H2,1-5H3/q+1. The van der Waals surface area contributed by atoms with Crippen LogP contribution in [0.3, 0.4) is 0 Å². The van der Waals surface area contributed by atoms with Gasteiger partial charge in [0.15, 0.2) is 0 Å². The molecule has 1 aliphatic rings. The Hall–Kier alpha value is -1.47. The second-order valence-electron chi connectivity index (χ2n) is 9.00. The average Bonchev–Trinajstić information content (AvgIpc) is 3.16. The van der Waals surface area contributed by atoms with Crippen molar-refractivity contribution in [1.29, 1.82) is 0 Å². The monoisotopic (exact) mass is 438 g/mol. The molecule has 0 aliphatic carbocycles. The van der Waals surface area contributed by atoms with Gasteiger partial charge in [0.1, 0.15) is 12.2 Å². The van der Waals surface area contributed by atoms with Gasteiger partial charge in [-0.2, -0.15) is 4.37 Å². The molecule has 0 saturated heterocycles. The van der Waals surface area contributed by atoms with Crippen LogP contribution in [-0.4, -0.2) is 51.7 Å². The molecule has 2 rings (SSSR count). The van der Waals surface area contributed by atoms with E-state index < -0.39 is 5.72 Å². The molecule has 0 fully saturated rings. The Kier molecular flexibility index (Phi) is 9.75. The van der Waals surface area contributed by atoms with Crippen LogP contribution < -0.4 is 4.74 Å². The Morgan fingerprint density at radius 1 is 1.13 bits per heavy atom. The van der Waals surface area contributed by atoms with Crippen molar-refractivity contribution < 1.29 is 18.8 Å². The quantitative estimate of drug-likeness (QED) is 0.228. The van der Waals surface area contributed by atoms with Crippen LogP contribution in [0, 0.1) is 0 Å². The number of hydrogen-bond donors (Lipinski definition) is 0. The van der Waals surface area contributed by atoms with Gasteiger partial charge >= 0.3 is 5.97 Å². The van der Waals surface area contributed by atoms with Gasteiger partial charge in [-0.3, -0.25) is 9.28 Å². The summed E-state index contributed by atoms with van der Waals surface area (Å²) in [4.78, 5) is 12.4. The Bertz CT molecular complexity index is 702. The summed E-state index contributed by atoms with van der Waals surface area (Å²) in [6, 6.07) is 0. The third-order valence-electron chi connectivity index (χ3n) is 6.18. The smallest absolute Gasteiger partial charge is 0.310 e.